The molecule has 108 valence electrons. The van der Waals surface area contributed by atoms with Crippen molar-refractivity contribution in [2.75, 3.05) is 12.4 Å². The molecule has 1 fully saturated rings. The number of anilines is 1. The van der Waals surface area contributed by atoms with Crippen LogP contribution in [0.2, 0.25) is 0 Å². The standard InChI is InChI=1S/C18H19NO2/c1-13-12-15(21-2)8-9-16(13)19-17(20)18(10-11-18)14-6-4-3-5-7-14/h3-9,12H,10-11H2,1-2H3,(H,19,20). The number of carbonyl (C=O) groups is 1. The van der Waals surface area contributed by atoms with Gasteiger partial charge in [0.1, 0.15) is 5.75 Å². The quantitative estimate of drug-likeness (QED) is 0.928. The summed E-state index contributed by atoms with van der Waals surface area (Å²) in [6, 6.07) is 15.7. The number of hydrogen-bond donors (Lipinski definition) is 1. The van der Waals surface area contributed by atoms with Gasteiger partial charge in [-0.3, -0.25) is 4.79 Å². The fourth-order valence-electron chi connectivity index (χ4n) is 2.67. The van der Waals surface area contributed by atoms with Crippen LogP contribution in [0.4, 0.5) is 5.69 Å². The molecule has 1 amide bonds. The van der Waals surface area contributed by atoms with Crippen LogP contribution in [0.25, 0.3) is 0 Å². The van der Waals surface area contributed by atoms with E-state index in [-0.39, 0.29) is 11.3 Å². The highest BCUT2D eigenvalue weighted by molar-refractivity contribution is 6.01. The van der Waals surface area contributed by atoms with Crippen molar-refractivity contribution in [2.45, 2.75) is 25.2 Å². The lowest BCUT2D eigenvalue weighted by Gasteiger charge is -2.17. The lowest BCUT2D eigenvalue weighted by atomic mass is 9.95. The Bertz CT molecular complexity index is 660. The highest BCUT2D eigenvalue weighted by atomic mass is 16.5. The molecule has 0 spiro atoms. The van der Waals surface area contributed by atoms with Crippen molar-refractivity contribution in [1.29, 1.82) is 0 Å². The summed E-state index contributed by atoms with van der Waals surface area (Å²) in [7, 11) is 1.64. The normalized spacial score (nSPS) is 15.3. The average molecular weight is 281 g/mol. The fraction of sp³-hybridized carbons (Fsp3) is 0.278. The van der Waals surface area contributed by atoms with Gasteiger partial charge < -0.3 is 10.1 Å². The second kappa shape index (κ2) is 5.24. The second-order valence-electron chi connectivity index (χ2n) is 5.58. The number of nitrogens with one attached hydrogen (secondary N) is 1. The van der Waals surface area contributed by atoms with Gasteiger partial charge in [-0.05, 0) is 49.1 Å². The molecule has 1 saturated carbocycles. The Morgan fingerprint density at radius 1 is 1.14 bits per heavy atom. The van der Waals surface area contributed by atoms with Crippen molar-refractivity contribution in [3.05, 3.63) is 59.7 Å². The maximum absolute atomic E-state index is 12.7. The first-order valence-corrected chi connectivity index (χ1v) is 7.17. The summed E-state index contributed by atoms with van der Waals surface area (Å²) in [6.45, 7) is 1.97. The lowest BCUT2D eigenvalue weighted by molar-refractivity contribution is -0.118. The van der Waals surface area contributed by atoms with Crippen molar-refractivity contribution in [1.82, 2.24) is 0 Å². The van der Waals surface area contributed by atoms with Crippen molar-refractivity contribution in [2.24, 2.45) is 0 Å². The minimum atomic E-state index is -0.340. The van der Waals surface area contributed by atoms with Crippen LogP contribution in [0.5, 0.6) is 5.75 Å². The molecule has 1 aliphatic carbocycles. The average Bonchev–Trinajstić information content (AvgIpc) is 3.32. The smallest absolute Gasteiger partial charge is 0.235 e. The number of carbonyl (C=O) groups excluding carboxylic acids is 1. The van der Waals surface area contributed by atoms with E-state index in [4.69, 9.17) is 4.74 Å². The molecule has 0 radical (unpaired) electrons. The third kappa shape index (κ3) is 2.51. The van der Waals surface area contributed by atoms with Gasteiger partial charge in [-0.2, -0.15) is 0 Å². The molecular weight excluding hydrogens is 262 g/mol. The zero-order valence-corrected chi connectivity index (χ0v) is 12.3. The van der Waals surface area contributed by atoms with Gasteiger partial charge in [0.25, 0.3) is 0 Å². The van der Waals surface area contributed by atoms with Crippen LogP contribution in [-0.2, 0) is 10.2 Å². The van der Waals surface area contributed by atoms with E-state index in [1.54, 1.807) is 7.11 Å². The van der Waals surface area contributed by atoms with Crippen molar-refractivity contribution < 1.29 is 9.53 Å². The molecular formula is C18H19NO2. The number of hydrogen-bond acceptors (Lipinski definition) is 2. The van der Waals surface area contributed by atoms with E-state index in [0.29, 0.717) is 0 Å². The maximum Gasteiger partial charge on any atom is 0.235 e. The van der Waals surface area contributed by atoms with Gasteiger partial charge in [0.2, 0.25) is 5.91 Å². The van der Waals surface area contributed by atoms with Crippen LogP contribution in [0.1, 0.15) is 24.0 Å². The molecule has 21 heavy (non-hydrogen) atoms. The molecule has 0 saturated heterocycles. The van der Waals surface area contributed by atoms with Gasteiger partial charge in [-0.15, -0.1) is 0 Å². The first-order chi connectivity index (χ1) is 10.2. The predicted molar refractivity (Wildman–Crippen MR) is 83.7 cm³/mol. The van der Waals surface area contributed by atoms with Gasteiger partial charge in [0, 0.05) is 5.69 Å². The van der Waals surface area contributed by atoms with Gasteiger partial charge in [0.05, 0.1) is 12.5 Å². The van der Waals surface area contributed by atoms with E-state index >= 15 is 0 Å². The molecule has 3 nitrogen and oxygen atoms in total. The number of ether oxygens (including phenoxy) is 1. The Balaban J connectivity index is 1.81. The number of rotatable bonds is 4. The summed E-state index contributed by atoms with van der Waals surface area (Å²) in [5.41, 5.74) is 2.62. The molecule has 1 aliphatic rings. The Morgan fingerprint density at radius 3 is 2.43 bits per heavy atom. The summed E-state index contributed by atoms with van der Waals surface area (Å²) < 4.78 is 5.19. The fourth-order valence-corrected chi connectivity index (χ4v) is 2.67. The largest absolute Gasteiger partial charge is 0.497 e. The Labute approximate surface area is 124 Å². The highest BCUT2D eigenvalue weighted by Gasteiger charge is 2.51. The highest BCUT2D eigenvalue weighted by Crippen LogP contribution is 2.49. The molecule has 3 rings (SSSR count). The first-order valence-electron chi connectivity index (χ1n) is 7.17. The van der Waals surface area contributed by atoms with E-state index in [1.807, 2.05) is 55.5 Å². The topological polar surface area (TPSA) is 38.3 Å². The molecule has 0 bridgehead atoms. The Kier molecular flexibility index (Phi) is 3.42. The van der Waals surface area contributed by atoms with Crippen molar-refractivity contribution in [3.63, 3.8) is 0 Å². The number of aryl methyl sites for hydroxylation is 1. The summed E-state index contributed by atoms with van der Waals surface area (Å²) in [6.07, 6.45) is 1.83. The summed E-state index contributed by atoms with van der Waals surface area (Å²) >= 11 is 0. The zero-order valence-electron chi connectivity index (χ0n) is 12.3. The minimum absolute atomic E-state index is 0.0852. The van der Waals surface area contributed by atoms with Crippen LogP contribution in [0, 0.1) is 6.92 Å². The van der Waals surface area contributed by atoms with Crippen LogP contribution < -0.4 is 10.1 Å². The first kappa shape index (κ1) is 13.7. The van der Waals surface area contributed by atoms with Crippen LogP contribution >= 0.6 is 0 Å². The van der Waals surface area contributed by atoms with E-state index < -0.39 is 0 Å². The molecule has 2 aromatic rings. The number of methoxy groups -OCH3 is 1. The third-order valence-corrected chi connectivity index (χ3v) is 4.19. The molecule has 0 heterocycles. The zero-order chi connectivity index (χ0) is 14.9. The number of benzene rings is 2. The summed E-state index contributed by atoms with van der Waals surface area (Å²) in [5.74, 6) is 0.886. The molecule has 3 heteroatoms. The maximum atomic E-state index is 12.7. The van der Waals surface area contributed by atoms with Crippen LogP contribution in [-0.4, -0.2) is 13.0 Å². The van der Waals surface area contributed by atoms with Gasteiger partial charge in [0.15, 0.2) is 0 Å². The lowest BCUT2D eigenvalue weighted by Crippen LogP contribution is -2.28. The van der Waals surface area contributed by atoms with E-state index in [0.717, 1.165) is 35.4 Å². The molecule has 0 aliphatic heterocycles. The Morgan fingerprint density at radius 2 is 1.86 bits per heavy atom. The molecule has 1 N–H and O–H groups in total. The Hall–Kier alpha value is -2.29. The van der Waals surface area contributed by atoms with Crippen LogP contribution in [0.15, 0.2) is 48.5 Å². The van der Waals surface area contributed by atoms with Gasteiger partial charge >= 0.3 is 0 Å². The van der Waals surface area contributed by atoms with Gasteiger partial charge in [-0.1, -0.05) is 30.3 Å². The monoisotopic (exact) mass is 281 g/mol. The third-order valence-electron chi connectivity index (χ3n) is 4.19. The van der Waals surface area contributed by atoms with E-state index in [1.165, 1.54) is 0 Å². The predicted octanol–water partition coefficient (Wildman–Crippen LogP) is 3.67. The van der Waals surface area contributed by atoms with E-state index in [2.05, 4.69) is 5.32 Å². The SMILES string of the molecule is COc1ccc(NC(=O)C2(c3ccccc3)CC2)c(C)c1. The molecule has 2 aromatic carbocycles. The van der Waals surface area contributed by atoms with E-state index in [9.17, 15) is 4.79 Å². The summed E-state index contributed by atoms with van der Waals surface area (Å²) in [5, 5.41) is 3.07. The number of amides is 1. The van der Waals surface area contributed by atoms with Crippen molar-refractivity contribution in [3.8, 4) is 5.75 Å². The second-order valence-corrected chi connectivity index (χ2v) is 5.58. The van der Waals surface area contributed by atoms with Crippen molar-refractivity contribution >= 4 is 11.6 Å². The molecule has 0 unspecified atom stereocenters. The summed E-state index contributed by atoms with van der Waals surface area (Å²) in [4.78, 5) is 12.7. The molecule has 0 aromatic heterocycles. The van der Waals surface area contributed by atoms with Crippen LogP contribution in [0.3, 0.4) is 0 Å². The minimum Gasteiger partial charge on any atom is -0.497 e. The van der Waals surface area contributed by atoms with Gasteiger partial charge in [-0.25, -0.2) is 0 Å². The molecule has 0 atom stereocenters.